The minimum absolute atomic E-state index is 0.586. The molecule has 1 aliphatic rings. The molecular weight excluding hydrogens is 208 g/mol. The quantitative estimate of drug-likeness (QED) is 0.811. The number of anilines is 1. The van der Waals surface area contributed by atoms with Crippen LogP contribution < -0.4 is 5.32 Å². The minimum Gasteiger partial charge on any atom is -0.383 e. The molecule has 0 aliphatic heterocycles. The third-order valence-corrected chi connectivity index (χ3v) is 3.93. The molecule has 0 spiro atoms. The van der Waals surface area contributed by atoms with Crippen LogP contribution in [0.2, 0.25) is 0 Å². The Bertz CT molecular complexity index is 336. The smallest absolute Gasteiger partial charge is 0.0340 e. The third kappa shape index (κ3) is 3.74. The standard InChI is InChI=1S/C15H24N2/c1-12-9-14(12)11-17(3)13(2)10-16-15-7-5-4-6-8-15/h4-8,12-14,16H,9-11H2,1-3H3. The van der Waals surface area contributed by atoms with Gasteiger partial charge < -0.3 is 10.2 Å². The summed E-state index contributed by atoms with van der Waals surface area (Å²) in [5.41, 5.74) is 1.22. The zero-order valence-electron chi connectivity index (χ0n) is 11.2. The topological polar surface area (TPSA) is 15.3 Å². The molecule has 94 valence electrons. The second-order valence-corrected chi connectivity index (χ2v) is 5.51. The second kappa shape index (κ2) is 5.54. The molecule has 2 nitrogen and oxygen atoms in total. The lowest BCUT2D eigenvalue weighted by molar-refractivity contribution is 0.253. The van der Waals surface area contributed by atoms with Crippen molar-refractivity contribution in [1.29, 1.82) is 0 Å². The van der Waals surface area contributed by atoms with E-state index in [9.17, 15) is 0 Å². The van der Waals surface area contributed by atoms with Crippen LogP contribution in [0.1, 0.15) is 20.3 Å². The van der Waals surface area contributed by atoms with E-state index in [1.807, 2.05) is 0 Å². The van der Waals surface area contributed by atoms with Crippen molar-refractivity contribution in [2.75, 3.05) is 25.5 Å². The SMILES string of the molecule is CC1CC1CN(C)C(C)CNc1ccccc1. The molecule has 0 amide bonds. The van der Waals surface area contributed by atoms with Crippen LogP contribution in [0, 0.1) is 11.8 Å². The van der Waals surface area contributed by atoms with Gasteiger partial charge in [0, 0.05) is 24.8 Å². The molecule has 0 saturated heterocycles. The average molecular weight is 232 g/mol. The summed E-state index contributed by atoms with van der Waals surface area (Å²) in [4.78, 5) is 2.48. The van der Waals surface area contributed by atoms with Crippen molar-refractivity contribution in [3.05, 3.63) is 30.3 Å². The van der Waals surface area contributed by atoms with Crippen molar-refractivity contribution in [1.82, 2.24) is 4.90 Å². The molecule has 0 bridgehead atoms. The van der Waals surface area contributed by atoms with Crippen molar-refractivity contribution in [3.63, 3.8) is 0 Å². The molecular formula is C15H24N2. The Balaban J connectivity index is 1.71. The largest absolute Gasteiger partial charge is 0.383 e. The van der Waals surface area contributed by atoms with Gasteiger partial charge in [-0.1, -0.05) is 25.1 Å². The lowest BCUT2D eigenvalue weighted by Crippen LogP contribution is -2.36. The number of benzene rings is 1. The van der Waals surface area contributed by atoms with Crippen molar-refractivity contribution >= 4 is 5.69 Å². The third-order valence-electron chi connectivity index (χ3n) is 3.93. The zero-order chi connectivity index (χ0) is 12.3. The van der Waals surface area contributed by atoms with Gasteiger partial charge in [-0.3, -0.25) is 0 Å². The zero-order valence-corrected chi connectivity index (χ0v) is 11.2. The van der Waals surface area contributed by atoms with Crippen molar-refractivity contribution in [2.24, 2.45) is 11.8 Å². The van der Waals surface area contributed by atoms with Gasteiger partial charge >= 0.3 is 0 Å². The van der Waals surface area contributed by atoms with E-state index in [2.05, 4.69) is 61.4 Å². The molecule has 0 radical (unpaired) electrons. The summed E-state index contributed by atoms with van der Waals surface area (Å²) in [6.45, 7) is 6.91. The fourth-order valence-corrected chi connectivity index (χ4v) is 2.18. The van der Waals surface area contributed by atoms with Gasteiger partial charge in [0.15, 0.2) is 0 Å². The van der Waals surface area contributed by atoms with Gasteiger partial charge in [-0.05, 0) is 44.4 Å². The van der Waals surface area contributed by atoms with E-state index in [1.54, 1.807) is 0 Å². The van der Waals surface area contributed by atoms with Crippen LogP contribution >= 0.6 is 0 Å². The van der Waals surface area contributed by atoms with E-state index in [0.717, 1.165) is 18.4 Å². The van der Waals surface area contributed by atoms with Gasteiger partial charge in [0.1, 0.15) is 0 Å². The van der Waals surface area contributed by atoms with Crippen molar-refractivity contribution in [3.8, 4) is 0 Å². The predicted octanol–water partition coefficient (Wildman–Crippen LogP) is 3.07. The first-order chi connectivity index (χ1) is 8.16. The lowest BCUT2D eigenvalue weighted by Gasteiger charge is -2.25. The Labute approximate surface area is 105 Å². The molecule has 17 heavy (non-hydrogen) atoms. The molecule has 3 atom stereocenters. The van der Waals surface area contributed by atoms with E-state index >= 15 is 0 Å². The van der Waals surface area contributed by atoms with Gasteiger partial charge in [0.25, 0.3) is 0 Å². The first kappa shape index (κ1) is 12.4. The number of rotatable bonds is 6. The summed E-state index contributed by atoms with van der Waals surface area (Å²) in [7, 11) is 2.24. The first-order valence-electron chi connectivity index (χ1n) is 6.66. The number of para-hydroxylation sites is 1. The summed E-state index contributed by atoms with van der Waals surface area (Å²) < 4.78 is 0. The van der Waals surface area contributed by atoms with Gasteiger partial charge in [-0.25, -0.2) is 0 Å². The fraction of sp³-hybridized carbons (Fsp3) is 0.600. The van der Waals surface area contributed by atoms with Gasteiger partial charge in [-0.15, -0.1) is 0 Å². The number of hydrogen-bond donors (Lipinski definition) is 1. The van der Waals surface area contributed by atoms with E-state index in [0.29, 0.717) is 6.04 Å². The molecule has 2 heteroatoms. The maximum atomic E-state index is 3.49. The number of nitrogens with one attached hydrogen (secondary N) is 1. The second-order valence-electron chi connectivity index (χ2n) is 5.51. The molecule has 1 fully saturated rings. The maximum absolute atomic E-state index is 3.49. The summed E-state index contributed by atoms with van der Waals surface area (Å²) in [5.74, 6) is 1.89. The lowest BCUT2D eigenvalue weighted by atomic mass is 10.2. The van der Waals surface area contributed by atoms with Gasteiger partial charge in [0.05, 0.1) is 0 Å². The highest BCUT2D eigenvalue weighted by Crippen LogP contribution is 2.38. The van der Waals surface area contributed by atoms with Crippen LogP contribution in [0.3, 0.4) is 0 Å². The number of hydrogen-bond acceptors (Lipinski definition) is 2. The van der Waals surface area contributed by atoms with Gasteiger partial charge in [0.2, 0.25) is 0 Å². The Morgan fingerprint density at radius 1 is 1.35 bits per heavy atom. The normalized spacial score (nSPS) is 24.7. The van der Waals surface area contributed by atoms with E-state index in [4.69, 9.17) is 0 Å². The Kier molecular flexibility index (Phi) is 4.06. The molecule has 3 unspecified atom stereocenters. The highest BCUT2D eigenvalue weighted by Gasteiger charge is 2.33. The van der Waals surface area contributed by atoms with Crippen LogP contribution in [0.5, 0.6) is 0 Å². The van der Waals surface area contributed by atoms with E-state index < -0.39 is 0 Å². The molecule has 2 rings (SSSR count). The molecule has 1 saturated carbocycles. The molecule has 1 aromatic rings. The van der Waals surface area contributed by atoms with Crippen LogP contribution in [0.15, 0.2) is 30.3 Å². The highest BCUT2D eigenvalue weighted by molar-refractivity contribution is 5.42. The summed E-state index contributed by atoms with van der Waals surface area (Å²) in [6.07, 6.45) is 1.42. The molecule has 0 heterocycles. The monoisotopic (exact) mass is 232 g/mol. The number of likely N-dealkylation sites (N-methyl/N-ethyl adjacent to an activating group) is 1. The van der Waals surface area contributed by atoms with Crippen molar-refractivity contribution in [2.45, 2.75) is 26.3 Å². The minimum atomic E-state index is 0.586. The van der Waals surface area contributed by atoms with Crippen LogP contribution in [-0.2, 0) is 0 Å². The predicted molar refractivity (Wildman–Crippen MR) is 74.3 cm³/mol. The molecule has 1 aromatic carbocycles. The molecule has 1 aliphatic carbocycles. The van der Waals surface area contributed by atoms with Gasteiger partial charge in [-0.2, -0.15) is 0 Å². The highest BCUT2D eigenvalue weighted by atomic mass is 15.1. The van der Waals surface area contributed by atoms with Crippen molar-refractivity contribution < 1.29 is 0 Å². The van der Waals surface area contributed by atoms with E-state index in [1.165, 1.54) is 18.7 Å². The van der Waals surface area contributed by atoms with E-state index in [-0.39, 0.29) is 0 Å². The summed E-state index contributed by atoms with van der Waals surface area (Å²) >= 11 is 0. The Morgan fingerprint density at radius 2 is 2.00 bits per heavy atom. The molecule has 0 aromatic heterocycles. The average Bonchev–Trinajstić information content (AvgIpc) is 3.03. The maximum Gasteiger partial charge on any atom is 0.0340 e. The Hall–Kier alpha value is -1.02. The summed E-state index contributed by atoms with van der Waals surface area (Å²) in [6, 6.07) is 11.0. The number of nitrogens with zero attached hydrogens (tertiary/aromatic N) is 1. The fourth-order valence-electron chi connectivity index (χ4n) is 2.18. The van der Waals surface area contributed by atoms with Crippen LogP contribution in [0.25, 0.3) is 0 Å². The first-order valence-corrected chi connectivity index (χ1v) is 6.66. The molecule has 1 N–H and O–H groups in total. The van der Waals surface area contributed by atoms with Crippen LogP contribution in [-0.4, -0.2) is 31.1 Å². The summed E-state index contributed by atoms with van der Waals surface area (Å²) in [5, 5.41) is 3.49. The van der Waals surface area contributed by atoms with Crippen LogP contribution in [0.4, 0.5) is 5.69 Å². The Morgan fingerprint density at radius 3 is 2.59 bits per heavy atom.